The lowest BCUT2D eigenvalue weighted by molar-refractivity contribution is -0.116. The van der Waals surface area contributed by atoms with Gasteiger partial charge in [0.2, 0.25) is 5.91 Å². The van der Waals surface area contributed by atoms with Crippen molar-refractivity contribution in [2.45, 2.75) is 32.6 Å². The molecule has 6 heteroatoms. The molecule has 1 saturated heterocycles. The summed E-state index contributed by atoms with van der Waals surface area (Å²) in [5.41, 5.74) is 3.25. The molecule has 0 radical (unpaired) electrons. The Morgan fingerprint density at radius 3 is 2.83 bits per heavy atom. The lowest BCUT2D eigenvalue weighted by Crippen LogP contribution is -2.28. The van der Waals surface area contributed by atoms with Gasteiger partial charge in [0.25, 0.3) is 0 Å². The molecule has 0 aliphatic carbocycles. The largest absolute Gasteiger partial charge is 0.317 e. The Kier molecular flexibility index (Phi) is 7.21. The zero-order valence-corrected chi connectivity index (χ0v) is 15.5. The van der Waals surface area contributed by atoms with Crippen molar-refractivity contribution in [3.8, 4) is 11.3 Å². The van der Waals surface area contributed by atoms with Crippen LogP contribution in [0.3, 0.4) is 0 Å². The minimum atomic E-state index is 0. The second-order valence-corrected chi connectivity index (χ2v) is 6.99. The van der Waals surface area contributed by atoms with Crippen LogP contribution in [-0.4, -0.2) is 24.0 Å². The van der Waals surface area contributed by atoms with Crippen LogP contribution in [0.1, 0.15) is 31.2 Å². The lowest BCUT2D eigenvalue weighted by Gasteiger charge is -2.21. The van der Waals surface area contributed by atoms with Gasteiger partial charge in [-0.1, -0.05) is 24.3 Å². The number of nitrogens with zero attached hydrogens (tertiary/aromatic N) is 1. The van der Waals surface area contributed by atoms with Crippen LogP contribution in [-0.2, 0) is 4.79 Å². The molecule has 130 valence electrons. The van der Waals surface area contributed by atoms with Crippen LogP contribution in [0.4, 0.5) is 5.13 Å². The predicted molar refractivity (Wildman–Crippen MR) is 103 cm³/mol. The second kappa shape index (κ2) is 9.16. The Labute approximate surface area is 153 Å². The first-order chi connectivity index (χ1) is 11.2. The van der Waals surface area contributed by atoms with Crippen molar-refractivity contribution in [2.24, 2.45) is 5.92 Å². The van der Waals surface area contributed by atoms with Crippen molar-refractivity contribution < 1.29 is 4.79 Å². The monoisotopic (exact) mass is 365 g/mol. The van der Waals surface area contributed by atoms with Crippen LogP contribution in [0.25, 0.3) is 11.3 Å². The topological polar surface area (TPSA) is 54.0 Å². The maximum absolute atomic E-state index is 12.1. The molecule has 0 atom stereocenters. The summed E-state index contributed by atoms with van der Waals surface area (Å²) in [5.74, 6) is 0.759. The molecule has 1 fully saturated rings. The lowest BCUT2D eigenvalue weighted by atomic mass is 9.93. The first-order valence-electron chi connectivity index (χ1n) is 8.24. The van der Waals surface area contributed by atoms with Gasteiger partial charge in [0.05, 0.1) is 5.69 Å². The zero-order valence-electron chi connectivity index (χ0n) is 13.9. The molecule has 1 aliphatic heterocycles. The van der Waals surface area contributed by atoms with E-state index in [2.05, 4.69) is 34.7 Å². The van der Waals surface area contributed by atoms with E-state index in [9.17, 15) is 4.79 Å². The van der Waals surface area contributed by atoms with Gasteiger partial charge < -0.3 is 10.6 Å². The van der Waals surface area contributed by atoms with Gasteiger partial charge in [-0.05, 0) is 50.8 Å². The number of benzene rings is 1. The third-order valence-electron chi connectivity index (χ3n) is 4.41. The molecule has 0 unspecified atom stereocenters. The fourth-order valence-corrected chi connectivity index (χ4v) is 3.73. The molecule has 2 N–H and O–H groups in total. The molecule has 2 aromatic rings. The normalized spacial score (nSPS) is 14.9. The molecular weight excluding hydrogens is 342 g/mol. The van der Waals surface area contributed by atoms with Crippen molar-refractivity contribution >= 4 is 34.8 Å². The maximum atomic E-state index is 12.1. The van der Waals surface area contributed by atoms with Gasteiger partial charge in [-0.25, -0.2) is 4.98 Å². The number of aromatic nitrogens is 1. The molecule has 0 saturated carbocycles. The first kappa shape index (κ1) is 18.9. The smallest absolute Gasteiger partial charge is 0.226 e. The molecule has 1 aromatic heterocycles. The van der Waals surface area contributed by atoms with E-state index in [1.807, 2.05) is 17.5 Å². The van der Waals surface area contributed by atoms with Gasteiger partial charge >= 0.3 is 0 Å². The van der Waals surface area contributed by atoms with Gasteiger partial charge in [-0.3, -0.25) is 4.79 Å². The number of hydrogen-bond donors (Lipinski definition) is 2. The zero-order chi connectivity index (χ0) is 16.1. The van der Waals surface area contributed by atoms with Crippen LogP contribution in [0.15, 0.2) is 29.6 Å². The highest BCUT2D eigenvalue weighted by molar-refractivity contribution is 7.14. The van der Waals surface area contributed by atoms with Crippen molar-refractivity contribution in [2.75, 3.05) is 18.4 Å². The summed E-state index contributed by atoms with van der Waals surface area (Å²) < 4.78 is 0. The van der Waals surface area contributed by atoms with Gasteiger partial charge in [-0.15, -0.1) is 23.7 Å². The summed E-state index contributed by atoms with van der Waals surface area (Å²) in [6.07, 6.45) is 3.93. The SMILES string of the molecule is Cc1ccccc1-c1csc(NC(=O)CCC2CCNCC2)n1.Cl. The molecular formula is C18H24ClN3OS. The second-order valence-electron chi connectivity index (χ2n) is 6.13. The average Bonchev–Trinajstić information content (AvgIpc) is 3.02. The number of piperidine rings is 1. The summed E-state index contributed by atoms with van der Waals surface area (Å²) in [4.78, 5) is 16.7. The van der Waals surface area contributed by atoms with Crippen LogP contribution in [0.5, 0.6) is 0 Å². The van der Waals surface area contributed by atoms with Crippen LogP contribution < -0.4 is 10.6 Å². The molecule has 24 heavy (non-hydrogen) atoms. The number of amides is 1. The summed E-state index contributed by atoms with van der Waals surface area (Å²) in [7, 11) is 0. The molecule has 1 amide bonds. The minimum Gasteiger partial charge on any atom is -0.317 e. The predicted octanol–water partition coefficient (Wildman–Crippen LogP) is 4.26. The fourth-order valence-electron chi connectivity index (χ4n) is 3.00. The van der Waals surface area contributed by atoms with E-state index in [1.54, 1.807) is 0 Å². The van der Waals surface area contributed by atoms with Gasteiger partial charge in [0, 0.05) is 17.4 Å². The standard InChI is InChI=1S/C18H23N3OS.ClH/c1-13-4-2-3-5-15(13)16-12-23-18(20-16)21-17(22)7-6-14-8-10-19-11-9-14;/h2-5,12,14,19H,6-11H2,1H3,(H,20,21,22);1H. The number of halogens is 1. The summed E-state index contributed by atoms with van der Waals surface area (Å²) in [5, 5.41) is 9.00. The van der Waals surface area contributed by atoms with Crippen molar-refractivity contribution in [3.05, 3.63) is 35.2 Å². The number of aryl methyl sites for hydroxylation is 1. The van der Waals surface area contributed by atoms with E-state index < -0.39 is 0 Å². The van der Waals surface area contributed by atoms with E-state index >= 15 is 0 Å². The fraction of sp³-hybridized carbons (Fsp3) is 0.444. The Hall–Kier alpha value is -1.43. The molecule has 1 aliphatic rings. The number of hydrogen-bond acceptors (Lipinski definition) is 4. The maximum Gasteiger partial charge on any atom is 0.226 e. The molecule has 1 aromatic carbocycles. The highest BCUT2D eigenvalue weighted by atomic mass is 35.5. The number of anilines is 1. The van der Waals surface area contributed by atoms with Crippen molar-refractivity contribution in [1.82, 2.24) is 10.3 Å². The number of carbonyl (C=O) groups excluding carboxylic acids is 1. The van der Waals surface area contributed by atoms with E-state index in [1.165, 1.54) is 29.7 Å². The molecule has 0 spiro atoms. The Morgan fingerprint density at radius 2 is 2.08 bits per heavy atom. The third-order valence-corrected chi connectivity index (χ3v) is 5.17. The van der Waals surface area contributed by atoms with E-state index in [0.717, 1.165) is 30.8 Å². The summed E-state index contributed by atoms with van der Waals surface area (Å²) in [6, 6.07) is 8.17. The van der Waals surface area contributed by atoms with E-state index in [4.69, 9.17) is 0 Å². The number of rotatable bonds is 5. The first-order valence-corrected chi connectivity index (χ1v) is 9.12. The number of thiazole rings is 1. The quantitative estimate of drug-likeness (QED) is 0.832. The average molecular weight is 366 g/mol. The summed E-state index contributed by atoms with van der Waals surface area (Å²) in [6.45, 7) is 4.24. The van der Waals surface area contributed by atoms with Crippen molar-refractivity contribution in [1.29, 1.82) is 0 Å². The third kappa shape index (κ3) is 5.03. The minimum absolute atomic E-state index is 0. The highest BCUT2D eigenvalue weighted by Gasteiger charge is 2.15. The van der Waals surface area contributed by atoms with E-state index in [0.29, 0.717) is 17.5 Å². The molecule has 3 rings (SSSR count). The Bertz CT molecular complexity index is 668. The van der Waals surface area contributed by atoms with E-state index in [-0.39, 0.29) is 18.3 Å². The van der Waals surface area contributed by atoms with Crippen LogP contribution in [0.2, 0.25) is 0 Å². The Morgan fingerprint density at radius 1 is 1.33 bits per heavy atom. The Balaban J connectivity index is 0.00000208. The highest BCUT2D eigenvalue weighted by Crippen LogP contribution is 2.27. The molecule has 2 heterocycles. The van der Waals surface area contributed by atoms with Crippen LogP contribution >= 0.6 is 23.7 Å². The van der Waals surface area contributed by atoms with Gasteiger partial charge in [-0.2, -0.15) is 0 Å². The van der Waals surface area contributed by atoms with Gasteiger partial charge in [0.15, 0.2) is 5.13 Å². The molecule has 4 nitrogen and oxygen atoms in total. The molecule has 0 bridgehead atoms. The van der Waals surface area contributed by atoms with Crippen LogP contribution in [0, 0.1) is 12.8 Å². The van der Waals surface area contributed by atoms with Crippen molar-refractivity contribution in [3.63, 3.8) is 0 Å². The number of nitrogens with one attached hydrogen (secondary N) is 2. The number of carbonyl (C=O) groups is 1. The van der Waals surface area contributed by atoms with Gasteiger partial charge in [0.1, 0.15) is 0 Å². The summed E-state index contributed by atoms with van der Waals surface area (Å²) >= 11 is 1.49.